The quantitative estimate of drug-likeness (QED) is 0.753. The lowest BCUT2D eigenvalue weighted by Crippen LogP contribution is -2.44. The number of hydrogen-bond acceptors (Lipinski definition) is 2. The summed E-state index contributed by atoms with van der Waals surface area (Å²) < 4.78 is 0. The summed E-state index contributed by atoms with van der Waals surface area (Å²) in [5.41, 5.74) is 6.11. The molecule has 0 aromatic carbocycles. The molecule has 0 heterocycles. The van der Waals surface area contributed by atoms with Gasteiger partial charge in [-0.05, 0) is 24.7 Å². The Morgan fingerprint density at radius 3 is 2.20 bits per heavy atom. The van der Waals surface area contributed by atoms with Crippen molar-refractivity contribution in [2.24, 2.45) is 23.5 Å². The lowest BCUT2D eigenvalue weighted by molar-refractivity contribution is -0.144. The standard InChI is InChI=1S/C12H23NO2/c1-8(2)10(12(14)15)11(13)9-6-4-3-5-7-9/h8-11H,3-7,13H2,1-2H3,(H,14,15). The minimum atomic E-state index is -0.733. The molecule has 0 saturated heterocycles. The Morgan fingerprint density at radius 1 is 1.27 bits per heavy atom. The van der Waals surface area contributed by atoms with Crippen LogP contribution in [-0.2, 0) is 4.79 Å². The Bertz CT molecular complexity index is 210. The maximum absolute atomic E-state index is 11.1. The molecule has 2 unspecified atom stereocenters. The number of carbonyl (C=O) groups is 1. The summed E-state index contributed by atoms with van der Waals surface area (Å²) in [6.07, 6.45) is 5.92. The van der Waals surface area contributed by atoms with Crippen LogP contribution in [0.4, 0.5) is 0 Å². The molecular formula is C12H23NO2. The Kier molecular flexibility index (Phi) is 4.58. The lowest BCUT2D eigenvalue weighted by Gasteiger charge is -2.33. The Morgan fingerprint density at radius 2 is 1.80 bits per heavy atom. The van der Waals surface area contributed by atoms with Crippen LogP contribution < -0.4 is 5.73 Å². The van der Waals surface area contributed by atoms with E-state index in [1.54, 1.807) is 0 Å². The minimum Gasteiger partial charge on any atom is -0.481 e. The van der Waals surface area contributed by atoms with Crippen LogP contribution in [0.2, 0.25) is 0 Å². The SMILES string of the molecule is CC(C)C(C(=O)O)C(N)C1CCCCC1. The monoisotopic (exact) mass is 213 g/mol. The van der Waals surface area contributed by atoms with Gasteiger partial charge in [-0.1, -0.05) is 33.1 Å². The van der Waals surface area contributed by atoms with Gasteiger partial charge in [-0.3, -0.25) is 4.79 Å². The Labute approximate surface area is 92.0 Å². The number of rotatable bonds is 4. The van der Waals surface area contributed by atoms with E-state index in [0.29, 0.717) is 5.92 Å². The van der Waals surface area contributed by atoms with E-state index < -0.39 is 5.97 Å². The van der Waals surface area contributed by atoms with Gasteiger partial charge in [0, 0.05) is 6.04 Å². The summed E-state index contributed by atoms with van der Waals surface area (Å²) in [6.45, 7) is 3.89. The van der Waals surface area contributed by atoms with Crippen molar-refractivity contribution >= 4 is 5.97 Å². The molecule has 3 heteroatoms. The predicted octanol–water partition coefficient (Wildman–Crippen LogP) is 2.25. The summed E-state index contributed by atoms with van der Waals surface area (Å²) in [5, 5.41) is 9.16. The molecule has 3 nitrogen and oxygen atoms in total. The molecular weight excluding hydrogens is 190 g/mol. The van der Waals surface area contributed by atoms with Crippen LogP contribution in [0, 0.1) is 17.8 Å². The summed E-state index contributed by atoms with van der Waals surface area (Å²) in [5.74, 6) is -0.571. The summed E-state index contributed by atoms with van der Waals surface area (Å²) in [4.78, 5) is 11.1. The fourth-order valence-electron chi connectivity index (χ4n) is 2.71. The molecule has 0 aliphatic heterocycles. The molecule has 1 fully saturated rings. The molecule has 1 saturated carbocycles. The highest BCUT2D eigenvalue weighted by molar-refractivity contribution is 5.71. The first kappa shape index (κ1) is 12.5. The van der Waals surface area contributed by atoms with Crippen molar-refractivity contribution in [2.45, 2.75) is 52.0 Å². The molecule has 0 aromatic heterocycles. The smallest absolute Gasteiger partial charge is 0.308 e. The molecule has 15 heavy (non-hydrogen) atoms. The fraction of sp³-hybridized carbons (Fsp3) is 0.917. The van der Waals surface area contributed by atoms with Crippen molar-refractivity contribution in [1.29, 1.82) is 0 Å². The van der Waals surface area contributed by atoms with Crippen LogP contribution in [0.25, 0.3) is 0 Å². The first-order chi connectivity index (χ1) is 7.04. The summed E-state index contributed by atoms with van der Waals surface area (Å²) in [7, 11) is 0. The molecule has 88 valence electrons. The molecule has 3 N–H and O–H groups in total. The zero-order chi connectivity index (χ0) is 11.4. The molecule has 1 rings (SSSR count). The van der Waals surface area contributed by atoms with Crippen molar-refractivity contribution in [3.05, 3.63) is 0 Å². The van der Waals surface area contributed by atoms with E-state index in [4.69, 9.17) is 10.8 Å². The fourth-order valence-corrected chi connectivity index (χ4v) is 2.71. The molecule has 0 spiro atoms. The zero-order valence-electron chi connectivity index (χ0n) is 9.78. The summed E-state index contributed by atoms with van der Waals surface area (Å²) >= 11 is 0. The number of carboxylic acid groups (broad SMARTS) is 1. The van der Waals surface area contributed by atoms with Crippen LogP contribution in [0.3, 0.4) is 0 Å². The first-order valence-electron chi connectivity index (χ1n) is 6.02. The molecule has 0 bridgehead atoms. The molecule has 0 aromatic rings. The lowest BCUT2D eigenvalue weighted by atomic mass is 9.75. The van der Waals surface area contributed by atoms with Gasteiger partial charge in [0.15, 0.2) is 0 Å². The third kappa shape index (κ3) is 3.20. The van der Waals surface area contributed by atoms with Crippen molar-refractivity contribution < 1.29 is 9.90 Å². The molecule has 1 aliphatic carbocycles. The first-order valence-corrected chi connectivity index (χ1v) is 6.02. The van der Waals surface area contributed by atoms with Crippen LogP contribution in [0.5, 0.6) is 0 Å². The van der Waals surface area contributed by atoms with Crippen LogP contribution in [0.15, 0.2) is 0 Å². The molecule has 2 atom stereocenters. The highest BCUT2D eigenvalue weighted by Crippen LogP contribution is 2.30. The van der Waals surface area contributed by atoms with E-state index >= 15 is 0 Å². The van der Waals surface area contributed by atoms with E-state index in [2.05, 4.69) is 0 Å². The maximum atomic E-state index is 11.1. The number of aliphatic carboxylic acids is 1. The average Bonchev–Trinajstić information content (AvgIpc) is 2.18. The van der Waals surface area contributed by atoms with Gasteiger partial charge < -0.3 is 10.8 Å². The van der Waals surface area contributed by atoms with Gasteiger partial charge in [-0.25, -0.2) is 0 Å². The van der Waals surface area contributed by atoms with Gasteiger partial charge in [0.05, 0.1) is 5.92 Å². The van der Waals surface area contributed by atoms with E-state index in [0.717, 1.165) is 12.8 Å². The van der Waals surface area contributed by atoms with Crippen LogP contribution in [0.1, 0.15) is 46.0 Å². The normalized spacial score (nSPS) is 22.7. The Hall–Kier alpha value is -0.570. The third-order valence-electron chi connectivity index (χ3n) is 3.61. The maximum Gasteiger partial charge on any atom is 0.308 e. The van der Waals surface area contributed by atoms with Crippen molar-refractivity contribution in [1.82, 2.24) is 0 Å². The van der Waals surface area contributed by atoms with Gasteiger partial charge in [-0.2, -0.15) is 0 Å². The van der Waals surface area contributed by atoms with Gasteiger partial charge in [0.2, 0.25) is 0 Å². The highest BCUT2D eigenvalue weighted by Gasteiger charge is 2.34. The topological polar surface area (TPSA) is 63.3 Å². The van der Waals surface area contributed by atoms with Gasteiger partial charge in [0.25, 0.3) is 0 Å². The van der Waals surface area contributed by atoms with Gasteiger partial charge in [0.1, 0.15) is 0 Å². The minimum absolute atomic E-state index is 0.124. The molecule has 0 amide bonds. The average molecular weight is 213 g/mol. The predicted molar refractivity (Wildman–Crippen MR) is 60.5 cm³/mol. The second kappa shape index (κ2) is 5.50. The number of carboxylic acids is 1. The van der Waals surface area contributed by atoms with Gasteiger partial charge >= 0.3 is 5.97 Å². The number of nitrogens with two attached hydrogens (primary N) is 1. The second-order valence-electron chi connectivity index (χ2n) is 5.08. The van der Waals surface area contributed by atoms with Crippen LogP contribution >= 0.6 is 0 Å². The van der Waals surface area contributed by atoms with E-state index in [9.17, 15) is 4.79 Å². The van der Waals surface area contributed by atoms with Crippen molar-refractivity contribution in [3.63, 3.8) is 0 Å². The largest absolute Gasteiger partial charge is 0.481 e. The molecule has 1 aliphatic rings. The third-order valence-corrected chi connectivity index (χ3v) is 3.61. The van der Waals surface area contributed by atoms with E-state index in [-0.39, 0.29) is 17.9 Å². The van der Waals surface area contributed by atoms with Crippen LogP contribution in [-0.4, -0.2) is 17.1 Å². The second-order valence-corrected chi connectivity index (χ2v) is 5.08. The Balaban J connectivity index is 2.61. The van der Waals surface area contributed by atoms with E-state index in [1.165, 1.54) is 19.3 Å². The number of hydrogen-bond donors (Lipinski definition) is 2. The highest BCUT2D eigenvalue weighted by atomic mass is 16.4. The van der Waals surface area contributed by atoms with Crippen molar-refractivity contribution in [3.8, 4) is 0 Å². The van der Waals surface area contributed by atoms with E-state index in [1.807, 2.05) is 13.8 Å². The van der Waals surface area contributed by atoms with Crippen molar-refractivity contribution in [2.75, 3.05) is 0 Å². The zero-order valence-corrected chi connectivity index (χ0v) is 9.78. The molecule has 0 radical (unpaired) electrons. The van der Waals surface area contributed by atoms with Gasteiger partial charge in [-0.15, -0.1) is 0 Å². The summed E-state index contributed by atoms with van der Waals surface area (Å²) in [6, 6.07) is -0.164.